The molecular weight excluding hydrogens is 525 g/mol. The number of likely N-dealkylation sites (tertiary alicyclic amines) is 1. The maximum Gasteiger partial charge on any atom is 0.208 e. The van der Waals surface area contributed by atoms with Crippen LogP contribution in [0.25, 0.3) is 0 Å². The SMILES string of the molecule is CCNC(=NCC1CCN(Cc2nc(C)c(C)o2)CC1)NCCc1ccccc1Cl.I. The van der Waals surface area contributed by atoms with Gasteiger partial charge < -0.3 is 15.1 Å². The quantitative estimate of drug-likeness (QED) is 0.282. The molecule has 0 spiro atoms. The zero-order valence-electron chi connectivity index (χ0n) is 18.8. The summed E-state index contributed by atoms with van der Waals surface area (Å²) in [4.78, 5) is 11.8. The second-order valence-corrected chi connectivity index (χ2v) is 8.36. The summed E-state index contributed by atoms with van der Waals surface area (Å²) in [6.07, 6.45) is 3.19. The van der Waals surface area contributed by atoms with Crippen LogP contribution in [0.3, 0.4) is 0 Å². The van der Waals surface area contributed by atoms with Gasteiger partial charge in [-0.2, -0.15) is 0 Å². The third-order valence-electron chi connectivity index (χ3n) is 5.64. The molecule has 1 fully saturated rings. The monoisotopic (exact) mass is 559 g/mol. The van der Waals surface area contributed by atoms with Gasteiger partial charge in [-0.1, -0.05) is 29.8 Å². The Bertz CT molecular complexity index is 814. The molecule has 3 rings (SSSR count). The average Bonchev–Trinajstić information content (AvgIpc) is 3.05. The topological polar surface area (TPSA) is 65.7 Å². The number of guanidine groups is 1. The van der Waals surface area contributed by atoms with Gasteiger partial charge in [-0.3, -0.25) is 9.89 Å². The molecule has 2 N–H and O–H groups in total. The van der Waals surface area contributed by atoms with Gasteiger partial charge in [0, 0.05) is 24.7 Å². The maximum atomic E-state index is 6.25. The summed E-state index contributed by atoms with van der Waals surface area (Å²) in [6, 6.07) is 8.00. The van der Waals surface area contributed by atoms with Crippen LogP contribution in [0.2, 0.25) is 5.02 Å². The van der Waals surface area contributed by atoms with Crippen molar-refractivity contribution in [1.29, 1.82) is 0 Å². The molecule has 0 bridgehead atoms. The Balaban J connectivity index is 0.00000341. The van der Waals surface area contributed by atoms with Gasteiger partial charge in [0.1, 0.15) is 5.76 Å². The van der Waals surface area contributed by atoms with Gasteiger partial charge in [-0.15, -0.1) is 24.0 Å². The minimum absolute atomic E-state index is 0. The van der Waals surface area contributed by atoms with E-state index in [2.05, 4.69) is 33.5 Å². The first-order valence-corrected chi connectivity index (χ1v) is 11.3. The summed E-state index contributed by atoms with van der Waals surface area (Å²) in [5, 5.41) is 7.60. The lowest BCUT2D eigenvalue weighted by molar-refractivity contribution is 0.166. The number of nitrogens with one attached hydrogen (secondary N) is 2. The van der Waals surface area contributed by atoms with Crippen LogP contribution in [0.4, 0.5) is 0 Å². The Morgan fingerprint density at radius 1 is 1.23 bits per heavy atom. The molecule has 2 heterocycles. The minimum Gasteiger partial charge on any atom is -0.444 e. The van der Waals surface area contributed by atoms with E-state index >= 15 is 0 Å². The molecule has 0 atom stereocenters. The molecule has 0 saturated carbocycles. The average molecular weight is 560 g/mol. The fourth-order valence-electron chi connectivity index (χ4n) is 3.70. The molecule has 172 valence electrons. The molecular formula is C23H35ClIN5O. The Hall–Kier alpha value is -1.32. The number of piperidine rings is 1. The second-order valence-electron chi connectivity index (χ2n) is 7.96. The van der Waals surface area contributed by atoms with Crippen LogP contribution in [-0.4, -0.2) is 48.6 Å². The van der Waals surface area contributed by atoms with Crippen molar-refractivity contribution in [2.24, 2.45) is 10.9 Å². The number of hydrogen-bond acceptors (Lipinski definition) is 4. The highest BCUT2D eigenvalue weighted by Crippen LogP contribution is 2.20. The zero-order chi connectivity index (χ0) is 21.3. The highest BCUT2D eigenvalue weighted by molar-refractivity contribution is 14.0. The van der Waals surface area contributed by atoms with Crippen LogP contribution in [0.5, 0.6) is 0 Å². The number of rotatable bonds is 8. The molecule has 1 aliphatic rings. The largest absolute Gasteiger partial charge is 0.444 e. The molecule has 1 aromatic carbocycles. The lowest BCUT2D eigenvalue weighted by Gasteiger charge is -2.30. The van der Waals surface area contributed by atoms with Crippen LogP contribution in [0.15, 0.2) is 33.7 Å². The molecule has 31 heavy (non-hydrogen) atoms. The zero-order valence-corrected chi connectivity index (χ0v) is 21.9. The highest BCUT2D eigenvalue weighted by Gasteiger charge is 2.21. The lowest BCUT2D eigenvalue weighted by Crippen LogP contribution is -2.39. The predicted octanol–water partition coefficient (Wildman–Crippen LogP) is 4.57. The maximum absolute atomic E-state index is 6.25. The number of oxazole rings is 1. The third-order valence-corrected chi connectivity index (χ3v) is 6.00. The molecule has 0 radical (unpaired) electrons. The fourth-order valence-corrected chi connectivity index (χ4v) is 3.93. The Labute approximate surface area is 208 Å². The first-order valence-electron chi connectivity index (χ1n) is 11.0. The van der Waals surface area contributed by atoms with Crippen molar-refractivity contribution < 1.29 is 4.42 Å². The van der Waals surface area contributed by atoms with E-state index in [9.17, 15) is 0 Å². The molecule has 0 aliphatic carbocycles. The molecule has 1 aromatic heterocycles. The predicted molar refractivity (Wildman–Crippen MR) is 139 cm³/mol. The van der Waals surface area contributed by atoms with Gasteiger partial charge in [0.25, 0.3) is 0 Å². The second kappa shape index (κ2) is 13.3. The van der Waals surface area contributed by atoms with E-state index in [-0.39, 0.29) is 24.0 Å². The van der Waals surface area contributed by atoms with Crippen molar-refractivity contribution in [3.63, 3.8) is 0 Å². The number of nitrogens with zero attached hydrogens (tertiary/aromatic N) is 3. The van der Waals surface area contributed by atoms with Crippen LogP contribution < -0.4 is 10.6 Å². The van der Waals surface area contributed by atoms with Crippen molar-refractivity contribution in [1.82, 2.24) is 20.5 Å². The first kappa shape index (κ1) is 25.9. The van der Waals surface area contributed by atoms with E-state index in [0.29, 0.717) is 5.92 Å². The Kier molecular flexibility index (Phi) is 11.1. The number of aryl methyl sites for hydroxylation is 2. The lowest BCUT2D eigenvalue weighted by atomic mass is 9.97. The van der Waals surface area contributed by atoms with Crippen molar-refractivity contribution in [2.45, 2.75) is 46.6 Å². The van der Waals surface area contributed by atoms with E-state index in [1.807, 2.05) is 32.0 Å². The normalized spacial score (nSPS) is 15.5. The molecule has 1 aliphatic heterocycles. The van der Waals surface area contributed by atoms with Gasteiger partial charge in [0.2, 0.25) is 5.89 Å². The van der Waals surface area contributed by atoms with Gasteiger partial charge in [0.15, 0.2) is 5.96 Å². The number of halogens is 2. The first-order chi connectivity index (χ1) is 14.5. The molecule has 8 heteroatoms. The summed E-state index contributed by atoms with van der Waals surface area (Å²) in [7, 11) is 0. The Morgan fingerprint density at radius 3 is 2.61 bits per heavy atom. The van der Waals surface area contributed by atoms with E-state index in [4.69, 9.17) is 21.0 Å². The Morgan fingerprint density at radius 2 is 1.97 bits per heavy atom. The van der Waals surface area contributed by atoms with Gasteiger partial charge >= 0.3 is 0 Å². The molecule has 2 aromatic rings. The van der Waals surface area contributed by atoms with Crippen LogP contribution in [0, 0.1) is 19.8 Å². The van der Waals surface area contributed by atoms with Crippen LogP contribution in [-0.2, 0) is 13.0 Å². The molecule has 0 amide bonds. The van der Waals surface area contributed by atoms with Crippen molar-refractivity contribution >= 4 is 41.5 Å². The van der Waals surface area contributed by atoms with Crippen LogP contribution in [0.1, 0.15) is 42.7 Å². The summed E-state index contributed by atoms with van der Waals surface area (Å²) in [6.45, 7) is 11.5. The fraction of sp³-hybridized carbons (Fsp3) is 0.565. The smallest absolute Gasteiger partial charge is 0.208 e. The number of aliphatic imine (C=N–C) groups is 1. The molecule has 6 nitrogen and oxygen atoms in total. The van der Waals surface area contributed by atoms with Crippen molar-refractivity contribution in [3.05, 3.63) is 52.2 Å². The number of hydrogen-bond donors (Lipinski definition) is 2. The number of aromatic nitrogens is 1. The standard InChI is InChI=1S/C23H34ClN5O.HI/c1-4-25-23(26-12-9-20-7-5-6-8-21(20)24)27-15-19-10-13-29(14-11-19)16-22-28-17(2)18(3)30-22;/h5-8,19H,4,9-16H2,1-3H3,(H2,25,26,27);1H. The van der Waals surface area contributed by atoms with E-state index in [0.717, 1.165) is 92.4 Å². The summed E-state index contributed by atoms with van der Waals surface area (Å²) < 4.78 is 5.73. The van der Waals surface area contributed by atoms with E-state index in [1.54, 1.807) is 0 Å². The third kappa shape index (κ3) is 8.27. The molecule has 0 unspecified atom stereocenters. The van der Waals surface area contributed by atoms with Gasteiger partial charge in [0.05, 0.1) is 12.2 Å². The summed E-state index contributed by atoms with van der Waals surface area (Å²) in [5.41, 5.74) is 2.15. The van der Waals surface area contributed by atoms with Crippen molar-refractivity contribution in [3.8, 4) is 0 Å². The number of benzene rings is 1. The molecule has 1 saturated heterocycles. The van der Waals surface area contributed by atoms with Crippen molar-refractivity contribution in [2.75, 3.05) is 32.7 Å². The summed E-state index contributed by atoms with van der Waals surface area (Å²) >= 11 is 6.25. The van der Waals surface area contributed by atoms with Crippen LogP contribution >= 0.6 is 35.6 Å². The highest BCUT2D eigenvalue weighted by atomic mass is 127. The van der Waals surface area contributed by atoms with E-state index < -0.39 is 0 Å². The van der Waals surface area contributed by atoms with Gasteiger partial charge in [-0.25, -0.2) is 4.98 Å². The summed E-state index contributed by atoms with van der Waals surface area (Å²) in [5.74, 6) is 3.26. The van der Waals surface area contributed by atoms with E-state index in [1.165, 1.54) is 0 Å². The minimum atomic E-state index is 0. The van der Waals surface area contributed by atoms with Gasteiger partial charge in [-0.05, 0) is 70.7 Å².